The lowest BCUT2D eigenvalue weighted by Crippen LogP contribution is -2.43. The van der Waals surface area contributed by atoms with E-state index in [2.05, 4.69) is 55.7 Å². The number of aromatic nitrogens is 2. The maximum atomic E-state index is 13.4. The number of piperidine rings is 3. The summed E-state index contributed by atoms with van der Waals surface area (Å²) in [5.74, 6) is 0.291. The fourth-order valence-corrected chi connectivity index (χ4v) is 7.52. The van der Waals surface area contributed by atoms with Crippen molar-refractivity contribution >= 4 is 39.3 Å². The summed E-state index contributed by atoms with van der Waals surface area (Å²) in [4.78, 5) is 53.7. The van der Waals surface area contributed by atoms with E-state index in [9.17, 15) is 19.2 Å². The Morgan fingerprint density at radius 1 is 1.02 bits per heavy atom. The van der Waals surface area contributed by atoms with Crippen molar-refractivity contribution in [2.45, 2.75) is 63.0 Å². The van der Waals surface area contributed by atoms with Crippen LogP contribution in [0.15, 0.2) is 57.9 Å². The summed E-state index contributed by atoms with van der Waals surface area (Å²) in [5.41, 5.74) is 4.27. The van der Waals surface area contributed by atoms with Gasteiger partial charge in [-0.1, -0.05) is 18.2 Å². The first-order valence-electron chi connectivity index (χ1n) is 16.2. The zero-order chi connectivity index (χ0) is 33.2. The summed E-state index contributed by atoms with van der Waals surface area (Å²) in [6.07, 6.45) is 4.91. The number of nitrogens with zero attached hydrogens (tertiary/aromatic N) is 4. The molecular weight excluding hydrogens is 664 g/mol. The van der Waals surface area contributed by atoms with Crippen molar-refractivity contribution in [2.75, 3.05) is 38.5 Å². The van der Waals surface area contributed by atoms with Crippen LogP contribution in [0, 0.1) is 6.92 Å². The molecule has 2 N–H and O–H groups in total. The lowest BCUT2D eigenvalue weighted by molar-refractivity contribution is -0.134. The molecule has 0 spiro atoms. The minimum Gasteiger partial charge on any atom is -0.490 e. The number of imide groups is 1. The zero-order valence-corrected chi connectivity index (χ0v) is 28.6. The standard InChI is InChI=1S/C35H41BrN6O5/c1-21-16-27(8-9-28(21)29-10-11-31(43)39-33(29)44)47-26-12-14-42(15-13-26)34(45)23-6-4-22(5-7-23)24-17-25(20-40(2)19-24)38-30-18-37-41(3)35(46)32(30)36/h4-9,16,18,24-26,29,38H,10-15,17,19-20H2,1-3H3,(H,39,43,44)/t24-,25+,29?/m0/s1. The van der Waals surface area contributed by atoms with Crippen molar-refractivity contribution in [3.05, 3.63) is 85.7 Å². The van der Waals surface area contributed by atoms with E-state index in [0.717, 1.165) is 49.2 Å². The Bertz CT molecular complexity index is 1720. The molecule has 3 saturated heterocycles. The van der Waals surface area contributed by atoms with Crippen LogP contribution in [-0.4, -0.2) is 82.7 Å². The Kier molecular flexibility index (Phi) is 9.79. The van der Waals surface area contributed by atoms with Crippen LogP contribution in [0.4, 0.5) is 5.69 Å². The minimum absolute atomic E-state index is 0.00224. The number of amides is 3. The molecule has 3 aliphatic rings. The van der Waals surface area contributed by atoms with E-state index in [4.69, 9.17) is 4.74 Å². The molecule has 2 aromatic carbocycles. The van der Waals surface area contributed by atoms with Crippen LogP contribution in [0.1, 0.15) is 71.0 Å². The summed E-state index contributed by atoms with van der Waals surface area (Å²) in [6.45, 7) is 4.96. The molecule has 0 bridgehead atoms. The number of carbonyl (C=O) groups is 3. The number of anilines is 1. The molecule has 3 atom stereocenters. The third-order valence-corrected chi connectivity index (χ3v) is 10.4. The van der Waals surface area contributed by atoms with Crippen molar-refractivity contribution in [3.8, 4) is 5.75 Å². The van der Waals surface area contributed by atoms with Gasteiger partial charge in [0.15, 0.2) is 0 Å². The third kappa shape index (κ3) is 7.43. The Balaban J connectivity index is 1.01. The highest BCUT2D eigenvalue weighted by Crippen LogP contribution is 2.32. The molecule has 0 aliphatic carbocycles. The maximum Gasteiger partial charge on any atom is 0.282 e. The topological polar surface area (TPSA) is 126 Å². The first-order valence-corrected chi connectivity index (χ1v) is 17.0. The number of carbonyl (C=O) groups excluding carboxylic acids is 3. The van der Waals surface area contributed by atoms with Crippen LogP contribution in [0.25, 0.3) is 0 Å². The van der Waals surface area contributed by atoms with Crippen molar-refractivity contribution in [3.63, 3.8) is 0 Å². The average molecular weight is 706 g/mol. The summed E-state index contributed by atoms with van der Waals surface area (Å²) in [7, 11) is 3.73. The second-order valence-electron chi connectivity index (χ2n) is 13.0. The molecule has 3 amide bonds. The van der Waals surface area contributed by atoms with Gasteiger partial charge in [-0.25, -0.2) is 4.68 Å². The maximum absolute atomic E-state index is 13.4. The van der Waals surface area contributed by atoms with Gasteiger partial charge in [0, 0.05) is 64.1 Å². The smallest absolute Gasteiger partial charge is 0.282 e. The van der Waals surface area contributed by atoms with Gasteiger partial charge in [0.2, 0.25) is 11.8 Å². The molecule has 12 heteroatoms. The van der Waals surface area contributed by atoms with Crippen LogP contribution in [0.3, 0.4) is 0 Å². The summed E-state index contributed by atoms with van der Waals surface area (Å²) in [6, 6.07) is 13.9. The van der Waals surface area contributed by atoms with E-state index in [1.165, 1.54) is 10.2 Å². The van der Waals surface area contributed by atoms with Gasteiger partial charge in [0.05, 0.1) is 17.8 Å². The number of likely N-dealkylation sites (tertiary alicyclic amines) is 2. The number of hydrogen-bond acceptors (Lipinski definition) is 8. The van der Waals surface area contributed by atoms with Crippen molar-refractivity contribution in [1.29, 1.82) is 0 Å². The van der Waals surface area contributed by atoms with Gasteiger partial charge in [0.25, 0.3) is 11.5 Å². The van der Waals surface area contributed by atoms with Gasteiger partial charge in [-0.05, 0) is 89.6 Å². The van der Waals surface area contributed by atoms with Gasteiger partial charge in [-0.3, -0.25) is 24.5 Å². The number of likely N-dealkylation sites (N-methyl/N-ethyl adjacent to an activating group) is 1. The predicted octanol–water partition coefficient (Wildman–Crippen LogP) is 3.95. The first-order chi connectivity index (χ1) is 22.5. The molecule has 0 saturated carbocycles. The van der Waals surface area contributed by atoms with E-state index < -0.39 is 0 Å². The lowest BCUT2D eigenvalue weighted by atomic mass is 9.87. The van der Waals surface area contributed by atoms with Gasteiger partial charge >= 0.3 is 0 Å². The molecule has 47 heavy (non-hydrogen) atoms. The van der Waals surface area contributed by atoms with Crippen LogP contribution in [0.2, 0.25) is 0 Å². The lowest BCUT2D eigenvalue weighted by Gasteiger charge is -2.37. The summed E-state index contributed by atoms with van der Waals surface area (Å²) in [5, 5.41) is 10.1. The largest absolute Gasteiger partial charge is 0.490 e. The Hall–Kier alpha value is -4.03. The molecule has 4 heterocycles. The quantitative estimate of drug-likeness (QED) is 0.354. The fraction of sp³-hybridized carbons (Fsp3) is 0.457. The van der Waals surface area contributed by atoms with E-state index in [-0.39, 0.29) is 47.3 Å². The van der Waals surface area contributed by atoms with Gasteiger partial charge in [-0.15, -0.1) is 0 Å². The van der Waals surface area contributed by atoms with Crippen molar-refractivity contribution < 1.29 is 19.1 Å². The zero-order valence-electron chi connectivity index (χ0n) is 27.0. The minimum atomic E-state index is -0.319. The number of aryl methyl sites for hydroxylation is 2. The van der Waals surface area contributed by atoms with Crippen molar-refractivity contribution in [2.24, 2.45) is 7.05 Å². The SMILES string of the molecule is Cc1cc(OC2CCN(C(=O)c3ccc([C@H]4C[C@@H](Nc5cnn(C)c(=O)c5Br)CN(C)C4)cc3)CC2)ccc1C1CCC(=O)NC1=O. The molecule has 1 unspecified atom stereocenters. The fourth-order valence-electron chi connectivity index (χ4n) is 7.05. The van der Waals surface area contributed by atoms with Crippen LogP contribution >= 0.6 is 15.9 Å². The number of rotatable bonds is 7. The summed E-state index contributed by atoms with van der Waals surface area (Å²) >= 11 is 3.41. The second-order valence-corrected chi connectivity index (χ2v) is 13.8. The number of hydrogen-bond donors (Lipinski definition) is 2. The first kappa shape index (κ1) is 32.9. The average Bonchev–Trinajstić information content (AvgIpc) is 3.05. The highest BCUT2D eigenvalue weighted by Gasteiger charge is 2.31. The molecule has 1 aromatic heterocycles. The van der Waals surface area contributed by atoms with Gasteiger partial charge in [-0.2, -0.15) is 5.10 Å². The molecule has 3 fully saturated rings. The second kappa shape index (κ2) is 14.0. The van der Waals surface area contributed by atoms with Crippen LogP contribution in [0.5, 0.6) is 5.75 Å². The van der Waals surface area contributed by atoms with E-state index >= 15 is 0 Å². The molecule has 0 radical (unpaired) electrons. The van der Waals surface area contributed by atoms with Gasteiger partial charge in [0.1, 0.15) is 16.3 Å². The molecular formula is C35H41BrN6O5. The van der Waals surface area contributed by atoms with E-state index in [0.29, 0.717) is 41.7 Å². The monoisotopic (exact) mass is 704 g/mol. The Morgan fingerprint density at radius 3 is 2.47 bits per heavy atom. The highest BCUT2D eigenvalue weighted by molar-refractivity contribution is 9.10. The molecule has 3 aromatic rings. The van der Waals surface area contributed by atoms with Gasteiger partial charge < -0.3 is 19.9 Å². The molecule has 3 aliphatic heterocycles. The van der Waals surface area contributed by atoms with Crippen LogP contribution in [-0.2, 0) is 16.6 Å². The third-order valence-electron chi connectivity index (χ3n) is 9.59. The number of nitrogens with one attached hydrogen (secondary N) is 2. The molecule has 6 rings (SSSR count). The Labute approximate surface area is 282 Å². The number of benzene rings is 2. The number of ether oxygens (including phenoxy) is 1. The van der Waals surface area contributed by atoms with Crippen molar-refractivity contribution in [1.82, 2.24) is 24.9 Å². The number of halogens is 1. The predicted molar refractivity (Wildman–Crippen MR) is 182 cm³/mol. The normalized spacial score (nSPS) is 22.6. The van der Waals surface area contributed by atoms with E-state index in [1.807, 2.05) is 42.2 Å². The molecule has 11 nitrogen and oxygen atoms in total. The van der Waals surface area contributed by atoms with E-state index in [1.54, 1.807) is 13.2 Å². The summed E-state index contributed by atoms with van der Waals surface area (Å²) < 4.78 is 8.07. The molecule has 248 valence electrons. The highest BCUT2D eigenvalue weighted by atomic mass is 79.9. The van der Waals surface area contributed by atoms with Crippen LogP contribution < -0.4 is 20.9 Å². The Morgan fingerprint density at radius 2 is 1.77 bits per heavy atom.